The molecular weight excluding hydrogens is 254 g/mol. The van der Waals surface area contributed by atoms with Gasteiger partial charge in [0.15, 0.2) is 0 Å². The molecule has 1 amide bonds. The fourth-order valence-corrected chi connectivity index (χ4v) is 1.90. The molecule has 0 saturated heterocycles. The molecule has 0 bridgehead atoms. The van der Waals surface area contributed by atoms with E-state index in [0.29, 0.717) is 12.5 Å². The molecule has 0 aromatic rings. The Balaban J connectivity index is 3.85. The van der Waals surface area contributed by atoms with Crippen LogP contribution in [-0.2, 0) is 14.3 Å². The number of hydrogen-bond acceptors (Lipinski definition) is 3. The van der Waals surface area contributed by atoms with Crippen LogP contribution >= 0.6 is 0 Å². The number of rotatable bonds is 9. The first-order valence-corrected chi connectivity index (χ1v) is 7.77. The Morgan fingerprint density at radius 3 is 2.30 bits per heavy atom. The second-order valence-electron chi connectivity index (χ2n) is 6.31. The highest BCUT2D eigenvalue weighted by Gasteiger charge is 2.17. The van der Waals surface area contributed by atoms with Gasteiger partial charge in [0.05, 0.1) is 6.42 Å². The molecule has 4 nitrogen and oxygen atoms in total. The van der Waals surface area contributed by atoms with Gasteiger partial charge >= 0.3 is 5.97 Å². The summed E-state index contributed by atoms with van der Waals surface area (Å²) in [6.45, 7) is 10.5. The van der Waals surface area contributed by atoms with Crippen LogP contribution in [0.3, 0.4) is 0 Å². The van der Waals surface area contributed by atoms with E-state index in [2.05, 4.69) is 19.2 Å². The van der Waals surface area contributed by atoms with E-state index in [-0.39, 0.29) is 24.7 Å². The van der Waals surface area contributed by atoms with Crippen molar-refractivity contribution in [3.63, 3.8) is 0 Å². The molecule has 0 saturated carbocycles. The van der Waals surface area contributed by atoms with Crippen LogP contribution in [0.5, 0.6) is 0 Å². The highest BCUT2D eigenvalue weighted by atomic mass is 16.6. The van der Waals surface area contributed by atoms with Crippen molar-refractivity contribution in [1.29, 1.82) is 0 Å². The lowest BCUT2D eigenvalue weighted by Crippen LogP contribution is -2.30. The molecular formula is C16H31NO3. The lowest BCUT2D eigenvalue weighted by atomic mass is 9.99. The Morgan fingerprint density at radius 2 is 1.80 bits per heavy atom. The lowest BCUT2D eigenvalue weighted by molar-refractivity contribution is -0.155. The van der Waals surface area contributed by atoms with E-state index in [1.54, 1.807) is 0 Å². The highest BCUT2D eigenvalue weighted by molar-refractivity contribution is 5.81. The van der Waals surface area contributed by atoms with E-state index < -0.39 is 5.60 Å². The van der Waals surface area contributed by atoms with Crippen molar-refractivity contribution < 1.29 is 14.3 Å². The Bertz CT molecular complexity index is 295. The number of hydrogen-bond donors (Lipinski definition) is 1. The molecule has 118 valence electrons. The monoisotopic (exact) mass is 285 g/mol. The average Bonchev–Trinajstić information content (AvgIpc) is 2.34. The van der Waals surface area contributed by atoms with Crippen LogP contribution in [0.15, 0.2) is 0 Å². The van der Waals surface area contributed by atoms with Crippen molar-refractivity contribution in [3.05, 3.63) is 0 Å². The van der Waals surface area contributed by atoms with Gasteiger partial charge in [-0.25, -0.2) is 0 Å². The van der Waals surface area contributed by atoms with Crippen molar-refractivity contribution in [2.75, 3.05) is 6.54 Å². The Morgan fingerprint density at radius 1 is 1.15 bits per heavy atom. The summed E-state index contributed by atoms with van der Waals surface area (Å²) < 4.78 is 5.17. The summed E-state index contributed by atoms with van der Waals surface area (Å²) >= 11 is 0. The minimum atomic E-state index is -0.485. The van der Waals surface area contributed by atoms with Crippen LogP contribution in [0.4, 0.5) is 0 Å². The third kappa shape index (κ3) is 10.8. The van der Waals surface area contributed by atoms with E-state index in [9.17, 15) is 9.59 Å². The minimum absolute atomic E-state index is 0.0641. The zero-order chi connectivity index (χ0) is 15.6. The first-order valence-electron chi connectivity index (χ1n) is 7.77. The zero-order valence-corrected chi connectivity index (χ0v) is 13.8. The van der Waals surface area contributed by atoms with Gasteiger partial charge < -0.3 is 10.1 Å². The number of unbranched alkanes of at least 4 members (excludes halogenated alkanes) is 1. The van der Waals surface area contributed by atoms with Crippen LogP contribution < -0.4 is 5.32 Å². The largest absolute Gasteiger partial charge is 0.460 e. The molecule has 0 rings (SSSR count). The maximum Gasteiger partial charge on any atom is 0.306 e. The van der Waals surface area contributed by atoms with Crippen LogP contribution in [0, 0.1) is 5.92 Å². The van der Waals surface area contributed by atoms with Crippen LogP contribution in [0.25, 0.3) is 0 Å². The molecule has 1 unspecified atom stereocenters. The molecule has 0 spiro atoms. The minimum Gasteiger partial charge on any atom is -0.460 e. The summed E-state index contributed by atoms with van der Waals surface area (Å²) in [5.74, 6) is 0.164. The summed E-state index contributed by atoms with van der Waals surface area (Å²) in [5, 5.41) is 2.91. The van der Waals surface area contributed by atoms with Crippen LogP contribution in [0.2, 0.25) is 0 Å². The Hall–Kier alpha value is -1.06. The van der Waals surface area contributed by atoms with Gasteiger partial charge in [0.1, 0.15) is 5.60 Å². The van der Waals surface area contributed by atoms with Crippen molar-refractivity contribution in [3.8, 4) is 0 Å². The summed E-state index contributed by atoms with van der Waals surface area (Å²) in [7, 11) is 0. The average molecular weight is 285 g/mol. The number of carbonyl (C=O) groups excluding carboxylic acids is 2. The van der Waals surface area contributed by atoms with Crippen molar-refractivity contribution in [2.24, 2.45) is 5.92 Å². The maximum absolute atomic E-state index is 11.7. The molecule has 0 fully saturated rings. The summed E-state index contributed by atoms with van der Waals surface area (Å²) in [6, 6.07) is 0. The molecule has 1 atom stereocenters. The quantitative estimate of drug-likeness (QED) is 0.660. The molecule has 1 N–H and O–H groups in total. The predicted octanol–water partition coefficient (Wildman–Crippen LogP) is 3.44. The first kappa shape index (κ1) is 18.9. The molecule has 0 aromatic heterocycles. The van der Waals surface area contributed by atoms with Gasteiger partial charge in [-0.3, -0.25) is 9.59 Å². The zero-order valence-electron chi connectivity index (χ0n) is 13.8. The van der Waals surface area contributed by atoms with Crippen LogP contribution in [-0.4, -0.2) is 24.0 Å². The van der Waals surface area contributed by atoms with Crippen molar-refractivity contribution in [1.82, 2.24) is 5.32 Å². The molecule has 0 aliphatic rings. The molecule has 0 aliphatic heterocycles. The van der Waals surface area contributed by atoms with E-state index >= 15 is 0 Å². The maximum atomic E-state index is 11.7. The fraction of sp³-hybridized carbons (Fsp3) is 0.875. The van der Waals surface area contributed by atoms with Gasteiger partial charge in [0.25, 0.3) is 0 Å². The SMILES string of the molecule is CCCCC(CC)CNC(=O)CCC(=O)OC(C)(C)C. The third-order valence-corrected chi connectivity index (χ3v) is 3.11. The summed E-state index contributed by atoms with van der Waals surface area (Å²) in [6.07, 6.45) is 4.97. The van der Waals surface area contributed by atoms with Gasteiger partial charge in [0, 0.05) is 13.0 Å². The third-order valence-electron chi connectivity index (χ3n) is 3.11. The highest BCUT2D eigenvalue weighted by Crippen LogP contribution is 2.12. The normalized spacial score (nSPS) is 12.8. The molecule has 0 radical (unpaired) electrons. The van der Waals surface area contributed by atoms with E-state index in [0.717, 1.165) is 12.8 Å². The number of carbonyl (C=O) groups is 2. The van der Waals surface area contributed by atoms with Gasteiger partial charge in [0.2, 0.25) is 5.91 Å². The van der Waals surface area contributed by atoms with Crippen molar-refractivity contribution >= 4 is 11.9 Å². The van der Waals surface area contributed by atoms with Gasteiger partial charge in [-0.15, -0.1) is 0 Å². The smallest absolute Gasteiger partial charge is 0.306 e. The summed E-state index contributed by atoms with van der Waals surface area (Å²) in [5.41, 5.74) is -0.485. The number of nitrogens with one attached hydrogen (secondary N) is 1. The second kappa shape index (κ2) is 9.78. The van der Waals surface area contributed by atoms with E-state index in [4.69, 9.17) is 4.74 Å². The van der Waals surface area contributed by atoms with Gasteiger partial charge in [-0.2, -0.15) is 0 Å². The lowest BCUT2D eigenvalue weighted by Gasteiger charge is -2.19. The fourth-order valence-electron chi connectivity index (χ4n) is 1.90. The van der Waals surface area contributed by atoms with E-state index in [1.165, 1.54) is 12.8 Å². The first-order chi connectivity index (χ1) is 9.28. The molecule has 4 heteroatoms. The van der Waals surface area contributed by atoms with Crippen molar-refractivity contribution in [2.45, 2.75) is 78.7 Å². The number of esters is 1. The van der Waals surface area contributed by atoms with Crippen LogP contribution in [0.1, 0.15) is 73.1 Å². The number of ether oxygens (including phenoxy) is 1. The topological polar surface area (TPSA) is 55.4 Å². The Labute approximate surface area is 123 Å². The van der Waals surface area contributed by atoms with Gasteiger partial charge in [-0.1, -0.05) is 33.1 Å². The predicted molar refractivity (Wildman–Crippen MR) is 81.4 cm³/mol. The number of amides is 1. The molecule has 0 heterocycles. The Kier molecular flexibility index (Phi) is 9.26. The molecule has 0 aromatic carbocycles. The molecule has 0 aliphatic carbocycles. The summed E-state index contributed by atoms with van der Waals surface area (Å²) in [4.78, 5) is 23.2. The van der Waals surface area contributed by atoms with E-state index in [1.807, 2.05) is 20.8 Å². The second-order valence-corrected chi connectivity index (χ2v) is 6.31. The standard InChI is InChI=1S/C16H31NO3/c1-6-8-9-13(7-2)12-17-14(18)10-11-15(19)20-16(3,4)5/h13H,6-12H2,1-5H3,(H,17,18). The molecule has 20 heavy (non-hydrogen) atoms. The van der Waals surface area contributed by atoms with Gasteiger partial charge in [-0.05, 0) is 33.1 Å².